The number of fused-ring (bicyclic) bond motifs is 1. The van der Waals surface area contributed by atoms with Gasteiger partial charge in [0.1, 0.15) is 27.4 Å². The largest absolute Gasteiger partial charge is 0.591 e. The normalized spacial score (nSPS) is 26.4. The molecule has 6 nitrogen and oxygen atoms in total. The number of hydrogen-bond acceptors (Lipinski definition) is 5. The smallest absolute Gasteiger partial charge is 0.410 e. The van der Waals surface area contributed by atoms with Crippen LogP contribution in [0.4, 0.5) is 4.79 Å². The highest BCUT2D eigenvalue weighted by Gasteiger charge is 2.53. The van der Waals surface area contributed by atoms with Gasteiger partial charge in [-0.1, -0.05) is 25.2 Å². The van der Waals surface area contributed by atoms with Crippen molar-refractivity contribution in [3.63, 3.8) is 0 Å². The van der Waals surface area contributed by atoms with Crippen LogP contribution in [0.3, 0.4) is 0 Å². The lowest BCUT2D eigenvalue weighted by Crippen LogP contribution is -2.57. The van der Waals surface area contributed by atoms with E-state index in [4.69, 9.17) is 9.13 Å². The summed E-state index contributed by atoms with van der Waals surface area (Å²) < 4.78 is 23.2. The number of amides is 1. The van der Waals surface area contributed by atoms with Gasteiger partial charge in [-0.05, 0) is 77.8 Å². The van der Waals surface area contributed by atoms with E-state index in [1.54, 1.807) is 6.20 Å². The molecule has 32 heavy (non-hydrogen) atoms. The third-order valence-electron chi connectivity index (χ3n) is 6.31. The van der Waals surface area contributed by atoms with Crippen LogP contribution in [0.15, 0.2) is 22.9 Å². The monoisotopic (exact) mass is 461 g/mol. The van der Waals surface area contributed by atoms with Gasteiger partial charge in [-0.2, -0.15) is 0 Å². The van der Waals surface area contributed by atoms with Gasteiger partial charge in [0.05, 0.1) is 0 Å². The number of aromatic nitrogens is 1. The molecule has 7 heteroatoms. The third kappa shape index (κ3) is 5.14. The summed E-state index contributed by atoms with van der Waals surface area (Å²) in [5.74, 6) is 0. The minimum atomic E-state index is -1.36. The quantitative estimate of drug-likeness (QED) is 0.530. The molecule has 3 atom stereocenters. The molecular weight excluding hydrogens is 422 g/mol. The number of likely N-dealkylation sites (tertiary alicyclic amines) is 1. The fourth-order valence-corrected chi connectivity index (χ4v) is 5.39. The van der Waals surface area contributed by atoms with Crippen LogP contribution in [0.2, 0.25) is 0 Å². The standard InChI is InChI=1S/C25H39N3O3S/c1-22(2,3)19-15-25(11-13-28(19)21(29)31-23(4,5)6)14-17-16-26-12-10-18(17)20(25)27-32(30)24(7,8)9/h10,12,16,19H,11,13-15H2,1-9H3/t19-,25?,32?/m1/s1. The van der Waals surface area contributed by atoms with Gasteiger partial charge in [-0.25, -0.2) is 4.79 Å². The number of ether oxygens (including phenoxy) is 1. The third-order valence-corrected chi connectivity index (χ3v) is 7.70. The van der Waals surface area contributed by atoms with Crippen LogP contribution in [0, 0.1) is 10.8 Å². The van der Waals surface area contributed by atoms with Crippen molar-refractivity contribution in [3.8, 4) is 0 Å². The molecule has 1 aromatic heterocycles. The number of carbonyl (C=O) groups is 1. The average molecular weight is 462 g/mol. The van der Waals surface area contributed by atoms with E-state index in [0.717, 1.165) is 36.1 Å². The van der Waals surface area contributed by atoms with Crippen LogP contribution in [-0.2, 0) is 22.5 Å². The van der Waals surface area contributed by atoms with Gasteiger partial charge in [-0.15, -0.1) is 0 Å². The maximum absolute atomic E-state index is 13.1. The summed E-state index contributed by atoms with van der Waals surface area (Å²) in [5, 5.41) is 0. The lowest BCUT2D eigenvalue weighted by Gasteiger charge is -2.49. The Bertz CT molecular complexity index is 895. The van der Waals surface area contributed by atoms with Crippen molar-refractivity contribution in [2.24, 2.45) is 15.2 Å². The van der Waals surface area contributed by atoms with Crippen LogP contribution < -0.4 is 0 Å². The van der Waals surface area contributed by atoms with E-state index in [1.807, 2.05) is 58.7 Å². The number of piperidine rings is 1. The average Bonchev–Trinajstić information content (AvgIpc) is 2.91. The molecular formula is C25H39N3O3S. The first-order chi connectivity index (χ1) is 14.5. The Labute approximate surface area is 196 Å². The molecule has 1 aliphatic heterocycles. The van der Waals surface area contributed by atoms with Crippen molar-refractivity contribution in [3.05, 3.63) is 29.6 Å². The summed E-state index contributed by atoms with van der Waals surface area (Å²) in [4.78, 5) is 19.3. The molecule has 1 spiro atoms. The lowest BCUT2D eigenvalue weighted by atomic mass is 9.67. The van der Waals surface area contributed by atoms with E-state index in [1.165, 1.54) is 0 Å². The summed E-state index contributed by atoms with van der Waals surface area (Å²) in [6.07, 6.45) is 5.75. The fraction of sp³-hybridized carbons (Fsp3) is 0.720. The van der Waals surface area contributed by atoms with Crippen molar-refractivity contribution in [2.75, 3.05) is 6.54 Å². The maximum atomic E-state index is 13.1. The van der Waals surface area contributed by atoms with Crippen molar-refractivity contribution in [1.29, 1.82) is 0 Å². The van der Waals surface area contributed by atoms with Crippen LogP contribution in [0.25, 0.3) is 0 Å². The fourth-order valence-electron chi connectivity index (χ4n) is 4.66. The first kappa shape index (κ1) is 25.0. The second kappa shape index (κ2) is 8.32. The lowest BCUT2D eigenvalue weighted by molar-refractivity contribution is -0.0211. The minimum absolute atomic E-state index is 0.0263. The molecule has 0 radical (unpaired) electrons. The highest BCUT2D eigenvalue weighted by Crippen LogP contribution is 2.50. The molecule has 1 aromatic rings. The molecule has 1 amide bonds. The Morgan fingerprint density at radius 1 is 1.22 bits per heavy atom. The van der Waals surface area contributed by atoms with Crippen LogP contribution in [0.1, 0.15) is 86.3 Å². The highest BCUT2D eigenvalue weighted by atomic mass is 32.2. The van der Waals surface area contributed by atoms with Gasteiger partial charge in [0.25, 0.3) is 0 Å². The molecule has 1 fully saturated rings. The number of rotatable bonds is 1. The Morgan fingerprint density at radius 2 is 1.88 bits per heavy atom. The van der Waals surface area contributed by atoms with Crippen LogP contribution >= 0.6 is 0 Å². The Balaban J connectivity index is 2.03. The predicted molar refractivity (Wildman–Crippen MR) is 130 cm³/mol. The molecule has 1 saturated heterocycles. The van der Waals surface area contributed by atoms with Crippen molar-refractivity contribution >= 4 is 23.2 Å². The first-order valence-electron chi connectivity index (χ1n) is 11.5. The van der Waals surface area contributed by atoms with Gasteiger partial charge in [0, 0.05) is 36.0 Å². The zero-order valence-electron chi connectivity index (χ0n) is 21.1. The molecule has 0 bridgehead atoms. The molecule has 3 rings (SSSR count). The van der Waals surface area contributed by atoms with Gasteiger partial charge < -0.3 is 14.2 Å². The number of carbonyl (C=O) groups excluding carboxylic acids is 1. The SMILES string of the molecule is CC(C)(C)OC(=O)N1CCC2(Cc3cnccc3C2=N[S+]([O-])C(C)(C)C)C[C@@H]1C(C)(C)C. The second-order valence-corrected chi connectivity index (χ2v) is 14.2. The molecule has 0 aromatic carbocycles. The number of hydrogen-bond donors (Lipinski definition) is 0. The topological polar surface area (TPSA) is 77.8 Å². The number of pyridine rings is 1. The van der Waals surface area contributed by atoms with E-state index in [9.17, 15) is 9.35 Å². The molecule has 2 aliphatic rings. The molecule has 0 N–H and O–H groups in total. The van der Waals surface area contributed by atoms with Crippen molar-refractivity contribution in [2.45, 2.75) is 98.0 Å². The summed E-state index contributed by atoms with van der Waals surface area (Å²) in [6.45, 7) is 18.6. The van der Waals surface area contributed by atoms with E-state index < -0.39 is 21.7 Å². The Morgan fingerprint density at radius 3 is 2.44 bits per heavy atom. The van der Waals surface area contributed by atoms with Gasteiger partial charge >= 0.3 is 6.09 Å². The summed E-state index contributed by atoms with van der Waals surface area (Å²) in [7, 11) is 0. The van der Waals surface area contributed by atoms with E-state index in [-0.39, 0.29) is 23.0 Å². The summed E-state index contributed by atoms with van der Waals surface area (Å²) >= 11 is -1.36. The summed E-state index contributed by atoms with van der Waals surface area (Å²) in [6, 6.07) is 1.97. The first-order valence-corrected chi connectivity index (χ1v) is 12.6. The zero-order chi connectivity index (χ0) is 24.1. The van der Waals surface area contributed by atoms with Crippen LogP contribution in [0.5, 0.6) is 0 Å². The molecule has 2 heterocycles. The minimum Gasteiger partial charge on any atom is -0.591 e. The van der Waals surface area contributed by atoms with Crippen LogP contribution in [-0.4, -0.2) is 49.2 Å². The van der Waals surface area contributed by atoms with E-state index in [0.29, 0.717) is 6.54 Å². The van der Waals surface area contributed by atoms with E-state index >= 15 is 0 Å². The van der Waals surface area contributed by atoms with Gasteiger partial charge in [0.2, 0.25) is 0 Å². The van der Waals surface area contributed by atoms with Gasteiger partial charge in [0.15, 0.2) is 0 Å². The highest BCUT2D eigenvalue weighted by molar-refractivity contribution is 7.91. The Hall–Kier alpha value is -1.60. The molecule has 1 aliphatic carbocycles. The zero-order valence-corrected chi connectivity index (χ0v) is 21.9. The summed E-state index contributed by atoms with van der Waals surface area (Å²) in [5.41, 5.74) is 2.17. The maximum Gasteiger partial charge on any atom is 0.410 e. The molecule has 0 saturated carbocycles. The number of nitrogens with zero attached hydrogens (tertiary/aromatic N) is 3. The second-order valence-electron chi connectivity index (χ2n) is 12.3. The van der Waals surface area contributed by atoms with E-state index in [2.05, 4.69) is 25.8 Å². The predicted octanol–water partition coefficient (Wildman–Crippen LogP) is 5.32. The Kier molecular flexibility index (Phi) is 6.50. The molecule has 178 valence electrons. The van der Waals surface area contributed by atoms with Crippen molar-refractivity contribution in [1.82, 2.24) is 9.88 Å². The molecule has 2 unspecified atom stereocenters. The van der Waals surface area contributed by atoms with Gasteiger partial charge in [-0.3, -0.25) is 4.98 Å². The van der Waals surface area contributed by atoms with Crippen molar-refractivity contribution < 1.29 is 14.1 Å².